The molecule has 2 rings (SSSR count). The quantitative estimate of drug-likeness (QED) is 0.598. The molecule has 1 N–H and O–H groups in total. The molecule has 0 amide bonds. The number of carboxylic acids is 1. The summed E-state index contributed by atoms with van der Waals surface area (Å²) in [6.45, 7) is 10.5. The van der Waals surface area contributed by atoms with Gasteiger partial charge in [0.2, 0.25) is 0 Å². The summed E-state index contributed by atoms with van der Waals surface area (Å²) in [6, 6.07) is 12.9. The number of ether oxygens (including phenoxy) is 2. The molecule has 2 aromatic rings. The maximum Gasteiger partial charge on any atom is 0.328 e. The number of anilines is 1. The van der Waals surface area contributed by atoms with Crippen molar-refractivity contribution in [1.29, 1.82) is 0 Å². The Morgan fingerprint density at radius 3 is 1.97 bits per heavy atom. The maximum absolute atomic E-state index is 11.1. The number of nitrogens with zero attached hydrogens (tertiary/aromatic N) is 1. The van der Waals surface area contributed by atoms with E-state index in [1.807, 2.05) is 12.1 Å². The number of hydrogen-bond acceptors (Lipinski definition) is 4. The molecule has 156 valence electrons. The zero-order chi connectivity index (χ0) is 21.7. The molecule has 5 heteroatoms. The highest BCUT2D eigenvalue weighted by molar-refractivity contribution is 5.91. The Hall–Kier alpha value is -2.95. The summed E-state index contributed by atoms with van der Waals surface area (Å²) in [5.41, 5.74) is 4.35. The summed E-state index contributed by atoms with van der Waals surface area (Å²) < 4.78 is 11.1. The number of allylic oxidation sites excluding steroid dienone is 1. The predicted molar refractivity (Wildman–Crippen MR) is 119 cm³/mol. The van der Waals surface area contributed by atoms with Crippen molar-refractivity contribution in [2.75, 3.05) is 19.1 Å². The second-order valence-electron chi connectivity index (χ2n) is 7.56. The van der Waals surface area contributed by atoms with Crippen molar-refractivity contribution >= 4 is 17.2 Å². The van der Waals surface area contributed by atoms with Crippen LogP contribution in [0.1, 0.15) is 40.2 Å². The Bertz CT molecular complexity index is 874. The van der Waals surface area contributed by atoms with Crippen LogP contribution in [0.25, 0.3) is 16.7 Å². The third-order valence-electron chi connectivity index (χ3n) is 4.88. The fourth-order valence-electron chi connectivity index (χ4n) is 3.70. The van der Waals surface area contributed by atoms with Gasteiger partial charge in [-0.3, -0.25) is 0 Å². The largest absolute Gasteiger partial charge is 0.496 e. The van der Waals surface area contributed by atoms with Gasteiger partial charge in [-0.1, -0.05) is 12.1 Å². The van der Waals surface area contributed by atoms with Crippen LogP contribution in [0.4, 0.5) is 5.69 Å². The number of rotatable bonds is 8. The molecule has 29 heavy (non-hydrogen) atoms. The lowest BCUT2D eigenvalue weighted by atomic mass is 9.97. The third-order valence-corrected chi connectivity index (χ3v) is 4.88. The van der Waals surface area contributed by atoms with E-state index < -0.39 is 5.97 Å². The minimum Gasteiger partial charge on any atom is -0.496 e. The smallest absolute Gasteiger partial charge is 0.328 e. The van der Waals surface area contributed by atoms with Crippen LogP contribution in [-0.4, -0.2) is 37.4 Å². The van der Waals surface area contributed by atoms with Gasteiger partial charge < -0.3 is 19.5 Å². The van der Waals surface area contributed by atoms with E-state index in [0.29, 0.717) is 34.7 Å². The van der Waals surface area contributed by atoms with Gasteiger partial charge in [-0.25, -0.2) is 4.79 Å². The molecule has 0 bridgehead atoms. The van der Waals surface area contributed by atoms with Crippen LogP contribution in [0.15, 0.2) is 42.5 Å². The van der Waals surface area contributed by atoms with Gasteiger partial charge in [0, 0.05) is 35.0 Å². The summed E-state index contributed by atoms with van der Waals surface area (Å²) in [7, 11) is 3.19. The lowest BCUT2D eigenvalue weighted by Gasteiger charge is -2.33. The number of hydrogen-bond donors (Lipinski definition) is 1. The third kappa shape index (κ3) is 5.11. The predicted octanol–water partition coefficient (Wildman–Crippen LogP) is 5.48. The van der Waals surface area contributed by atoms with Crippen molar-refractivity contribution in [3.05, 3.63) is 48.0 Å². The van der Waals surface area contributed by atoms with E-state index >= 15 is 0 Å². The Balaban J connectivity index is 2.53. The van der Waals surface area contributed by atoms with Gasteiger partial charge in [-0.05, 0) is 70.0 Å². The van der Waals surface area contributed by atoms with E-state index in [0.717, 1.165) is 17.2 Å². The van der Waals surface area contributed by atoms with E-state index in [9.17, 15) is 4.79 Å². The molecule has 0 aromatic heterocycles. The lowest BCUT2D eigenvalue weighted by Crippen LogP contribution is -2.36. The van der Waals surface area contributed by atoms with Gasteiger partial charge in [0.1, 0.15) is 11.5 Å². The Morgan fingerprint density at radius 1 is 0.966 bits per heavy atom. The molecule has 2 aromatic carbocycles. The summed E-state index contributed by atoms with van der Waals surface area (Å²) in [6.07, 6.45) is 1.16. The number of carboxylic acid groups (broad SMARTS) is 1. The van der Waals surface area contributed by atoms with E-state index in [1.54, 1.807) is 21.1 Å². The van der Waals surface area contributed by atoms with Crippen LogP contribution in [0.2, 0.25) is 0 Å². The minimum atomic E-state index is -0.997. The number of methoxy groups -OCH3 is 2. The molecule has 0 aliphatic rings. The average molecular weight is 398 g/mol. The van der Waals surface area contributed by atoms with Crippen molar-refractivity contribution in [2.45, 2.75) is 46.7 Å². The van der Waals surface area contributed by atoms with Gasteiger partial charge in [0.25, 0.3) is 0 Å². The highest BCUT2D eigenvalue weighted by Crippen LogP contribution is 2.39. The van der Waals surface area contributed by atoms with Crippen LogP contribution in [0, 0.1) is 0 Å². The first kappa shape index (κ1) is 22.3. The second-order valence-corrected chi connectivity index (χ2v) is 7.56. The molecule has 0 radical (unpaired) electrons. The molecular weight excluding hydrogens is 366 g/mol. The van der Waals surface area contributed by atoms with Crippen molar-refractivity contribution in [2.24, 2.45) is 0 Å². The lowest BCUT2D eigenvalue weighted by molar-refractivity contribution is -0.131. The maximum atomic E-state index is 11.1. The van der Waals surface area contributed by atoms with E-state index in [1.165, 1.54) is 5.69 Å². The topological polar surface area (TPSA) is 59.0 Å². The Kier molecular flexibility index (Phi) is 7.32. The average Bonchev–Trinajstić information content (AvgIpc) is 2.66. The van der Waals surface area contributed by atoms with Crippen LogP contribution in [-0.2, 0) is 4.79 Å². The standard InChI is InChI=1S/C24H31NO4/c1-15(2)25(16(3)4)19-10-8-18(9-11-19)21-14-22(28-6)20(13-23(21)29-7)17(5)12-24(26)27/h8-16H,1-7H3,(H,26,27). The fraction of sp³-hybridized carbons (Fsp3) is 0.375. The second kappa shape index (κ2) is 9.50. The van der Waals surface area contributed by atoms with Gasteiger partial charge in [0.15, 0.2) is 0 Å². The SMILES string of the molecule is COc1cc(-c2ccc(N(C(C)C)C(C)C)cc2)c(OC)cc1C(C)=CC(=O)O. The Labute approximate surface area is 173 Å². The zero-order valence-corrected chi connectivity index (χ0v) is 18.3. The summed E-state index contributed by atoms with van der Waals surface area (Å²) in [5, 5.41) is 9.06. The molecule has 0 fully saturated rings. The molecule has 0 atom stereocenters. The molecule has 0 heterocycles. The van der Waals surface area contributed by atoms with Crippen LogP contribution in [0.5, 0.6) is 11.5 Å². The highest BCUT2D eigenvalue weighted by Gasteiger charge is 2.17. The molecule has 0 unspecified atom stereocenters. The van der Waals surface area contributed by atoms with E-state index in [4.69, 9.17) is 14.6 Å². The number of aliphatic carboxylic acids is 1. The van der Waals surface area contributed by atoms with Crippen molar-refractivity contribution in [3.63, 3.8) is 0 Å². The van der Waals surface area contributed by atoms with Crippen molar-refractivity contribution in [1.82, 2.24) is 0 Å². The number of carbonyl (C=O) groups is 1. The van der Waals surface area contributed by atoms with E-state index in [-0.39, 0.29) is 0 Å². The van der Waals surface area contributed by atoms with E-state index in [2.05, 4.69) is 56.9 Å². The first-order valence-corrected chi connectivity index (χ1v) is 9.76. The summed E-state index contributed by atoms with van der Waals surface area (Å²) in [5.74, 6) is 0.269. The van der Waals surface area contributed by atoms with Crippen LogP contribution >= 0.6 is 0 Å². The Morgan fingerprint density at radius 2 is 1.52 bits per heavy atom. The molecule has 0 aliphatic heterocycles. The molecule has 0 spiro atoms. The molecule has 5 nitrogen and oxygen atoms in total. The zero-order valence-electron chi connectivity index (χ0n) is 18.3. The highest BCUT2D eigenvalue weighted by atomic mass is 16.5. The fourth-order valence-corrected chi connectivity index (χ4v) is 3.70. The van der Waals surface area contributed by atoms with Crippen molar-refractivity contribution in [3.8, 4) is 22.6 Å². The van der Waals surface area contributed by atoms with Gasteiger partial charge in [-0.15, -0.1) is 0 Å². The first-order chi connectivity index (χ1) is 13.7. The minimum absolute atomic E-state index is 0.402. The van der Waals surface area contributed by atoms with Gasteiger partial charge in [-0.2, -0.15) is 0 Å². The summed E-state index contributed by atoms with van der Waals surface area (Å²) in [4.78, 5) is 13.4. The monoisotopic (exact) mass is 397 g/mol. The number of benzene rings is 2. The normalized spacial score (nSPS) is 11.7. The molecule has 0 saturated heterocycles. The van der Waals surface area contributed by atoms with Gasteiger partial charge in [0.05, 0.1) is 14.2 Å². The van der Waals surface area contributed by atoms with Crippen LogP contribution in [0.3, 0.4) is 0 Å². The van der Waals surface area contributed by atoms with Crippen LogP contribution < -0.4 is 14.4 Å². The molecule has 0 aliphatic carbocycles. The summed E-state index contributed by atoms with van der Waals surface area (Å²) >= 11 is 0. The van der Waals surface area contributed by atoms with Gasteiger partial charge >= 0.3 is 5.97 Å². The molecular formula is C24H31NO4. The molecule has 0 saturated carbocycles. The first-order valence-electron chi connectivity index (χ1n) is 9.76. The van der Waals surface area contributed by atoms with Crippen molar-refractivity contribution < 1.29 is 19.4 Å².